The molecular formula is C26H26N2O2. The average molecular weight is 399 g/mol. The number of rotatable bonds is 7. The predicted molar refractivity (Wildman–Crippen MR) is 120 cm³/mol. The lowest BCUT2D eigenvalue weighted by molar-refractivity contribution is 0.185. The third-order valence-electron chi connectivity index (χ3n) is 5.36. The van der Waals surface area contributed by atoms with E-state index in [9.17, 15) is 0 Å². The van der Waals surface area contributed by atoms with Crippen molar-refractivity contribution < 1.29 is 9.26 Å². The largest absolute Gasteiger partial charge is 0.380 e. The highest BCUT2D eigenvalue weighted by molar-refractivity contribution is 5.74. The molecule has 0 saturated carbocycles. The first kappa shape index (κ1) is 20.0. The number of aryl methyl sites for hydroxylation is 2. The first-order chi connectivity index (χ1) is 14.7. The molecule has 152 valence electrons. The fourth-order valence-corrected chi connectivity index (χ4v) is 3.74. The van der Waals surface area contributed by atoms with Crippen molar-refractivity contribution in [2.24, 2.45) is 0 Å². The van der Waals surface area contributed by atoms with Crippen LogP contribution in [0.5, 0.6) is 0 Å². The van der Waals surface area contributed by atoms with Crippen LogP contribution in [0, 0.1) is 0 Å². The summed E-state index contributed by atoms with van der Waals surface area (Å²) in [6.45, 7) is 4.83. The second-order valence-corrected chi connectivity index (χ2v) is 7.29. The van der Waals surface area contributed by atoms with Gasteiger partial charge in [0.05, 0.1) is 6.61 Å². The number of hydrogen-bond acceptors (Lipinski definition) is 4. The monoisotopic (exact) mass is 398 g/mol. The fourth-order valence-electron chi connectivity index (χ4n) is 3.74. The third kappa shape index (κ3) is 4.05. The number of nitrogens with zero attached hydrogens (tertiary/aromatic N) is 2. The second-order valence-electron chi connectivity index (χ2n) is 7.29. The Morgan fingerprint density at radius 2 is 1.63 bits per heavy atom. The zero-order valence-electron chi connectivity index (χ0n) is 17.7. The molecule has 0 unspecified atom stereocenters. The van der Waals surface area contributed by atoms with Gasteiger partial charge in [-0.1, -0.05) is 67.5 Å². The van der Waals surface area contributed by atoms with Crippen molar-refractivity contribution in [3.05, 3.63) is 83.4 Å². The van der Waals surface area contributed by atoms with Crippen molar-refractivity contribution in [2.75, 3.05) is 7.11 Å². The Balaban J connectivity index is 1.72. The van der Waals surface area contributed by atoms with Crippen molar-refractivity contribution >= 4 is 0 Å². The molecule has 0 fully saturated rings. The maximum atomic E-state index is 5.60. The Kier molecular flexibility index (Phi) is 6.05. The summed E-state index contributed by atoms with van der Waals surface area (Å²) in [6.07, 6.45) is 1.95. The van der Waals surface area contributed by atoms with E-state index in [2.05, 4.69) is 72.5 Å². The smallest absolute Gasteiger partial charge is 0.258 e. The molecule has 30 heavy (non-hydrogen) atoms. The minimum absolute atomic E-state index is 0.514. The van der Waals surface area contributed by atoms with Gasteiger partial charge >= 0.3 is 0 Å². The van der Waals surface area contributed by atoms with E-state index in [4.69, 9.17) is 9.26 Å². The molecule has 4 nitrogen and oxygen atoms in total. The van der Waals surface area contributed by atoms with Gasteiger partial charge in [0, 0.05) is 18.2 Å². The molecule has 0 aliphatic carbocycles. The van der Waals surface area contributed by atoms with E-state index >= 15 is 0 Å². The molecule has 0 saturated heterocycles. The highest BCUT2D eigenvalue weighted by Crippen LogP contribution is 2.32. The lowest BCUT2D eigenvalue weighted by atomic mass is 9.93. The molecule has 0 amide bonds. The van der Waals surface area contributed by atoms with Gasteiger partial charge in [0.15, 0.2) is 0 Å². The third-order valence-corrected chi connectivity index (χ3v) is 5.36. The van der Waals surface area contributed by atoms with Gasteiger partial charge in [0.1, 0.15) is 0 Å². The molecule has 0 aliphatic rings. The van der Waals surface area contributed by atoms with Crippen molar-refractivity contribution in [3.63, 3.8) is 0 Å². The lowest BCUT2D eigenvalue weighted by Gasteiger charge is -2.13. The summed E-state index contributed by atoms with van der Waals surface area (Å²) in [5.41, 5.74) is 7.94. The number of methoxy groups -OCH3 is 1. The fraction of sp³-hybridized carbons (Fsp3) is 0.231. The SMILES string of the molecule is CCc1cccc(-c2noc(-c3ccc(-c4ccccc4CC)c(COC)c3)n2)c1. The average Bonchev–Trinajstić information content (AvgIpc) is 3.30. The molecule has 4 heteroatoms. The minimum Gasteiger partial charge on any atom is -0.380 e. The zero-order valence-corrected chi connectivity index (χ0v) is 17.7. The summed E-state index contributed by atoms with van der Waals surface area (Å²) in [4.78, 5) is 4.64. The standard InChI is InChI=1S/C26H26N2O2/c1-4-18-9-8-11-20(15-18)25-27-26(30-28-25)21-13-14-24(22(16-21)17-29-3)23-12-7-6-10-19(23)5-2/h6-16H,4-5,17H2,1-3H3. The van der Waals surface area contributed by atoms with E-state index in [0.29, 0.717) is 18.3 Å². The Morgan fingerprint density at radius 3 is 2.43 bits per heavy atom. The van der Waals surface area contributed by atoms with Gasteiger partial charge < -0.3 is 9.26 Å². The van der Waals surface area contributed by atoms with E-state index in [0.717, 1.165) is 29.5 Å². The van der Waals surface area contributed by atoms with E-state index in [1.54, 1.807) is 7.11 Å². The molecule has 4 aromatic rings. The van der Waals surface area contributed by atoms with Crippen LogP contribution in [0.3, 0.4) is 0 Å². The Labute approximate surface area is 177 Å². The first-order valence-electron chi connectivity index (χ1n) is 10.4. The molecule has 0 aliphatic heterocycles. The van der Waals surface area contributed by atoms with Crippen LogP contribution in [-0.2, 0) is 24.2 Å². The van der Waals surface area contributed by atoms with Crippen molar-refractivity contribution in [1.29, 1.82) is 0 Å². The summed E-state index contributed by atoms with van der Waals surface area (Å²) >= 11 is 0. The normalized spacial score (nSPS) is 11.0. The molecule has 4 rings (SSSR count). The van der Waals surface area contributed by atoms with Gasteiger partial charge in [-0.05, 0) is 58.9 Å². The van der Waals surface area contributed by atoms with Gasteiger partial charge in [0.2, 0.25) is 5.82 Å². The van der Waals surface area contributed by atoms with Crippen LogP contribution in [0.1, 0.15) is 30.5 Å². The molecule has 0 atom stereocenters. The van der Waals surface area contributed by atoms with E-state index < -0.39 is 0 Å². The van der Waals surface area contributed by atoms with Crippen LogP contribution in [0.25, 0.3) is 34.0 Å². The maximum Gasteiger partial charge on any atom is 0.258 e. The van der Waals surface area contributed by atoms with Crippen LogP contribution < -0.4 is 0 Å². The van der Waals surface area contributed by atoms with Crippen LogP contribution >= 0.6 is 0 Å². The van der Waals surface area contributed by atoms with Crippen LogP contribution in [-0.4, -0.2) is 17.3 Å². The molecule has 1 aromatic heterocycles. The Hall–Kier alpha value is -3.24. The first-order valence-corrected chi connectivity index (χ1v) is 10.4. The topological polar surface area (TPSA) is 48.2 Å². The highest BCUT2D eigenvalue weighted by Gasteiger charge is 2.15. The Bertz CT molecular complexity index is 1150. The summed E-state index contributed by atoms with van der Waals surface area (Å²) in [5.74, 6) is 1.12. The van der Waals surface area contributed by atoms with Crippen LogP contribution in [0.4, 0.5) is 0 Å². The van der Waals surface area contributed by atoms with Gasteiger partial charge in [-0.2, -0.15) is 4.98 Å². The molecule has 3 aromatic carbocycles. The molecule has 0 bridgehead atoms. The lowest BCUT2D eigenvalue weighted by Crippen LogP contribution is -1.96. The van der Waals surface area contributed by atoms with Crippen molar-refractivity contribution in [3.8, 4) is 34.0 Å². The zero-order chi connectivity index (χ0) is 20.9. The number of hydrogen-bond donors (Lipinski definition) is 0. The minimum atomic E-state index is 0.514. The quantitative estimate of drug-likeness (QED) is 0.364. The van der Waals surface area contributed by atoms with E-state index in [1.165, 1.54) is 22.3 Å². The van der Waals surface area contributed by atoms with Gasteiger partial charge in [-0.3, -0.25) is 0 Å². The van der Waals surface area contributed by atoms with Crippen molar-refractivity contribution in [1.82, 2.24) is 10.1 Å². The summed E-state index contributed by atoms with van der Waals surface area (Å²) in [5, 5.41) is 4.20. The van der Waals surface area contributed by atoms with Gasteiger partial charge in [0.25, 0.3) is 5.89 Å². The molecule has 0 spiro atoms. The maximum absolute atomic E-state index is 5.60. The van der Waals surface area contributed by atoms with E-state index in [-0.39, 0.29) is 0 Å². The highest BCUT2D eigenvalue weighted by atomic mass is 16.5. The number of benzene rings is 3. The number of aromatic nitrogens is 2. The molecule has 0 N–H and O–H groups in total. The molecule has 0 radical (unpaired) electrons. The molecule has 1 heterocycles. The summed E-state index contributed by atoms with van der Waals surface area (Å²) < 4.78 is 11.1. The summed E-state index contributed by atoms with van der Waals surface area (Å²) in [6, 6.07) is 23.0. The van der Waals surface area contributed by atoms with Gasteiger partial charge in [-0.25, -0.2) is 0 Å². The second kappa shape index (κ2) is 9.06. The van der Waals surface area contributed by atoms with Crippen molar-refractivity contribution in [2.45, 2.75) is 33.3 Å². The summed E-state index contributed by atoms with van der Waals surface area (Å²) in [7, 11) is 1.72. The van der Waals surface area contributed by atoms with Gasteiger partial charge in [-0.15, -0.1) is 0 Å². The van der Waals surface area contributed by atoms with Crippen LogP contribution in [0.15, 0.2) is 71.3 Å². The number of ether oxygens (including phenoxy) is 1. The predicted octanol–water partition coefficient (Wildman–Crippen LogP) is 6.34. The Morgan fingerprint density at radius 1 is 0.800 bits per heavy atom. The molecular weight excluding hydrogens is 372 g/mol. The van der Waals surface area contributed by atoms with E-state index in [1.807, 2.05) is 18.2 Å². The van der Waals surface area contributed by atoms with Crippen LogP contribution in [0.2, 0.25) is 0 Å².